The van der Waals surface area contributed by atoms with Crippen LogP contribution in [0.3, 0.4) is 0 Å². The number of thioether (sulfide) groups is 1. The molecule has 1 rings (SSSR count). The van der Waals surface area contributed by atoms with Gasteiger partial charge in [0.25, 0.3) is 0 Å². The number of ether oxygens (including phenoxy) is 2. The van der Waals surface area contributed by atoms with E-state index >= 15 is 0 Å². The summed E-state index contributed by atoms with van der Waals surface area (Å²) in [5.74, 6) is 1.80. The highest BCUT2D eigenvalue weighted by molar-refractivity contribution is 9.10. The predicted octanol–water partition coefficient (Wildman–Crippen LogP) is 3.00. The zero-order chi connectivity index (χ0) is 16.5. The van der Waals surface area contributed by atoms with Gasteiger partial charge in [-0.3, -0.25) is 4.79 Å². The summed E-state index contributed by atoms with van der Waals surface area (Å²) < 4.78 is 10.8. The van der Waals surface area contributed by atoms with Crippen LogP contribution in [-0.4, -0.2) is 38.4 Å². The smallest absolute Gasteiger partial charge is 0.341 e. The van der Waals surface area contributed by atoms with Gasteiger partial charge < -0.3 is 14.8 Å². The maximum absolute atomic E-state index is 11.7. The summed E-state index contributed by atoms with van der Waals surface area (Å²) in [6, 6.07) is 3.56. The molecule has 122 valence electrons. The van der Waals surface area contributed by atoms with Crippen molar-refractivity contribution in [3.8, 4) is 5.75 Å². The molecule has 0 aliphatic carbocycles. The van der Waals surface area contributed by atoms with Crippen LogP contribution in [0.25, 0.3) is 0 Å². The topological polar surface area (TPSA) is 64.6 Å². The zero-order valence-corrected chi connectivity index (χ0v) is 15.3. The Hall–Kier alpha value is -1.21. The van der Waals surface area contributed by atoms with Gasteiger partial charge in [0.1, 0.15) is 11.3 Å². The molecule has 0 aromatic heterocycles. The number of carbonyl (C=O) groups is 2. The lowest BCUT2D eigenvalue weighted by Crippen LogP contribution is -2.21. The fourth-order valence-corrected chi connectivity index (χ4v) is 3.39. The second-order valence-corrected chi connectivity index (χ2v) is 6.48. The first-order chi connectivity index (χ1) is 10.5. The number of benzene rings is 1. The molecule has 0 radical (unpaired) electrons. The van der Waals surface area contributed by atoms with Crippen LogP contribution in [0.15, 0.2) is 16.6 Å². The Morgan fingerprint density at radius 2 is 2.05 bits per heavy atom. The molecule has 0 bridgehead atoms. The minimum absolute atomic E-state index is 0.00381. The maximum atomic E-state index is 11.7. The van der Waals surface area contributed by atoms with Gasteiger partial charge in [-0.2, -0.15) is 11.8 Å². The number of amides is 1. The van der Waals surface area contributed by atoms with Crippen molar-refractivity contribution in [3.63, 3.8) is 0 Å². The van der Waals surface area contributed by atoms with E-state index in [0.29, 0.717) is 17.9 Å². The molecule has 1 aromatic carbocycles. The molecule has 0 atom stereocenters. The summed E-state index contributed by atoms with van der Waals surface area (Å²) >= 11 is 5.23. The van der Waals surface area contributed by atoms with E-state index in [-0.39, 0.29) is 5.91 Å². The second kappa shape index (κ2) is 9.74. The molecule has 1 N–H and O–H groups in total. The standard InChI is InChI=1S/C15H20BrNO4S/c1-10(18)17-5-4-6-22-9-11-7-14(20-2)12(8-13(11)16)15(19)21-3/h7-8H,4-6,9H2,1-3H3,(H,17,18). The van der Waals surface area contributed by atoms with E-state index in [1.165, 1.54) is 21.1 Å². The minimum Gasteiger partial charge on any atom is -0.496 e. The molecule has 0 fully saturated rings. The van der Waals surface area contributed by atoms with Crippen molar-refractivity contribution < 1.29 is 19.1 Å². The van der Waals surface area contributed by atoms with Crippen LogP contribution in [0.4, 0.5) is 0 Å². The minimum atomic E-state index is -0.424. The molecule has 0 spiro atoms. The maximum Gasteiger partial charge on any atom is 0.341 e. The molecule has 0 unspecified atom stereocenters. The number of halogens is 1. The highest BCUT2D eigenvalue weighted by Gasteiger charge is 2.16. The molecule has 5 nitrogen and oxygen atoms in total. The van der Waals surface area contributed by atoms with Crippen molar-refractivity contribution in [2.75, 3.05) is 26.5 Å². The van der Waals surface area contributed by atoms with Crippen molar-refractivity contribution >= 4 is 39.6 Å². The quantitative estimate of drug-likeness (QED) is 0.546. The fraction of sp³-hybridized carbons (Fsp3) is 0.467. The Labute approximate surface area is 143 Å². The highest BCUT2D eigenvalue weighted by atomic mass is 79.9. The summed E-state index contributed by atoms with van der Waals surface area (Å²) in [7, 11) is 2.87. The van der Waals surface area contributed by atoms with E-state index in [0.717, 1.165) is 28.0 Å². The van der Waals surface area contributed by atoms with Gasteiger partial charge in [0.2, 0.25) is 5.91 Å². The van der Waals surface area contributed by atoms with Gasteiger partial charge in [-0.25, -0.2) is 4.79 Å². The number of nitrogens with one attached hydrogen (secondary N) is 1. The summed E-state index contributed by atoms with van der Waals surface area (Å²) in [6.07, 6.45) is 0.916. The van der Waals surface area contributed by atoms with E-state index in [1.807, 2.05) is 6.07 Å². The fourth-order valence-electron chi connectivity index (χ4n) is 1.77. The number of esters is 1. The monoisotopic (exact) mass is 389 g/mol. The number of carbonyl (C=O) groups excluding carboxylic acids is 2. The van der Waals surface area contributed by atoms with Gasteiger partial charge in [0.05, 0.1) is 14.2 Å². The molecule has 0 aliphatic heterocycles. The summed E-state index contributed by atoms with van der Waals surface area (Å²) in [5.41, 5.74) is 1.45. The van der Waals surface area contributed by atoms with Gasteiger partial charge in [-0.05, 0) is 29.9 Å². The first kappa shape index (κ1) is 18.8. The molecule has 1 aromatic rings. The largest absolute Gasteiger partial charge is 0.496 e. The van der Waals surface area contributed by atoms with E-state index < -0.39 is 5.97 Å². The van der Waals surface area contributed by atoms with Crippen molar-refractivity contribution in [2.24, 2.45) is 0 Å². The Balaban J connectivity index is 2.60. The lowest BCUT2D eigenvalue weighted by molar-refractivity contribution is -0.118. The molecule has 22 heavy (non-hydrogen) atoms. The number of rotatable bonds is 8. The van der Waals surface area contributed by atoms with E-state index in [4.69, 9.17) is 9.47 Å². The average molecular weight is 390 g/mol. The zero-order valence-electron chi connectivity index (χ0n) is 12.9. The Bertz CT molecular complexity index is 537. The lowest BCUT2D eigenvalue weighted by atomic mass is 10.1. The van der Waals surface area contributed by atoms with Crippen LogP contribution in [0, 0.1) is 0 Å². The van der Waals surface area contributed by atoms with E-state index in [2.05, 4.69) is 21.2 Å². The molecular weight excluding hydrogens is 370 g/mol. The highest BCUT2D eigenvalue weighted by Crippen LogP contribution is 2.30. The summed E-state index contributed by atoms with van der Waals surface area (Å²) in [5, 5.41) is 2.77. The SMILES string of the molecule is COC(=O)c1cc(Br)c(CSCCCNC(C)=O)cc1OC. The molecule has 7 heteroatoms. The van der Waals surface area contributed by atoms with E-state index in [9.17, 15) is 9.59 Å². The van der Waals surface area contributed by atoms with Crippen LogP contribution in [0.5, 0.6) is 5.75 Å². The Morgan fingerprint density at radius 1 is 1.32 bits per heavy atom. The number of methoxy groups -OCH3 is 2. The van der Waals surface area contributed by atoms with Crippen LogP contribution in [-0.2, 0) is 15.3 Å². The molecule has 0 saturated carbocycles. The van der Waals surface area contributed by atoms with Crippen LogP contribution < -0.4 is 10.1 Å². The van der Waals surface area contributed by atoms with Gasteiger partial charge in [-0.15, -0.1) is 0 Å². The first-order valence-corrected chi connectivity index (χ1v) is 8.71. The average Bonchev–Trinajstić information content (AvgIpc) is 2.50. The van der Waals surface area contributed by atoms with Crippen molar-refractivity contribution in [3.05, 3.63) is 27.7 Å². The first-order valence-electron chi connectivity index (χ1n) is 6.76. The lowest BCUT2D eigenvalue weighted by Gasteiger charge is -2.11. The second-order valence-electron chi connectivity index (χ2n) is 4.52. The molecule has 0 saturated heterocycles. The van der Waals surface area contributed by atoms with Crippen molar-refractivity contribution in [1.82, 2.24) is 5.32 Å². The molecule has 1 amide bonds. The van der Waals surface area contributed by atoms with Gasteiger partial charge >= 0.3 is 5.97 Å². The van der Waals surface area contributed by atoms with Gasteiger partial charge in [0.15, 0.2) is 0 Å². The van der Waals surface area contributed by atoms with Crippen LogP contribution in [0.1, 0.15) is 29.3 Å². The predicted molar refractivity (Wildman–Crippen MR) is 91.5 cm³/mol. The molecular formula is C15H20BrNO4S. The van der Waals surface area contributed by atoms with Crippen LogP contribution in [0.2, 0.25) is 0 Å². The number of hydrogen-bond acceptors (Lipinski definition) is 5. The summed E-state index contributed by atoms with van der Waals surface area (Å²) in [6.45, 7) is 2.20. The molecule has 0 heterocycles. The van der Waals surface area contributed by atoms with E-state index in [1.54, 1.807) is 17.8 Å². The Kier molecular flexibility index (Phi) is 8.34. The van der Waals surface area contributed by atoms with Crippen molar-refractivity contribution in [2.45, 2.75) is 19.1 Å². The van der Waals surface area contributed by atoms with Crippen molar-refractivity contribution in [1.29, 1.82) is 0 Å². The normalized spacial score (nSPS) is 10.2. The van der Waals surface area contributed by atoms with Gasteiger partial charge in [0, 0.05) is 23.7 Å². The summed E-state index contributed by atoms with van der Waals surface area (Å²) in [4.78, 5) is 22.4. The third-order valence-electron chi connectivity index (χ3n) is 2.87. The van der Waals surface area contributed by atoms with Gasteiger partial charge in [-0.1, -0.05) is 15.9 Å². The third kappa shape index (κ3) is 5.88. The third-order valence-corrected chi connectivity index (χ3v) is 4.70. The molecule has 0 aliphatic rings. The Morgan fingerprint density at radius 3 is 2.64 bits per heavy atom. The number of hydrogen-bond donors (Lipinski definition) is 1. The van der Waals surface area contributed by atoms with Crippen LogP contribution >= 0.6 is 27.7 Å².